The van der Waals surface area contributed by atoms with E-state index in [9.17, 15) is 35.2 Å². The third kappa shape index (κ3) is 3.47. The minimum Gasteiger partial charge on any atom is -0.480 e. The zero-order valence-corrected chi connectivity index (χ0v) is 11.0. The fourth-order valence-corrected chi connectivity index (χ4v) is 2.63. The Balaban J connectivity index is 3.35. The van der Waals surface area contributed by atoms with E-state index >= 15 is 0 Å². The van der Waals surface area contributed by atoms with E-state index in [1.54, 1.807) is 0 Å². The first-order chi connectivity index (χ1) is 9.29. The Morgan fingerprint density at radius 1 is 1.14 bits per heavy atom. The number of carboxylic acid groups (broad SMARTS) is 1. The van der Waals surface area contributed by atoms with Crippen molar-refractivity contribution < 1.29 is 40.3 Å². The van der Waals surface area contributed by atoms with Crippen molar-refractivity contribution in [3.8, 4) is 0 Å². The molecule has 0 radical (unpaired) electrons. The molecule has 0 saturated carbocycles. The van der Waals surface area contributed by atoms with Crippen LogP contribution >= 0.6 is 0 Å². The van der Waals surface area contributed by atoms with Gasteiger partial charge in [0.1, 0.15) is 11.6 Å². The predicted octanol–water partition coefficient (Wildman–Crippen LogP) is 1.65. The summed E-state index contributed by atoms with van der Waals surface area (Å²) in [5.74, 6) is -5.21. The molecular weight excluding hydrogens is 325 g/mol. The summed E-state index contributed by atoms with van der Waals surface area (Å²) in [5.41, 5.74) is -3.85. The Bertz CT molecular complexity index is 652. The lowest BCUT2D eigenvalue weighted by molar-refractivity contribution is -0.201. The van der Waals surface area contributed by atoms with Gasteiger partial charge in [0.15, 0.2) is 0 Å². The van der Waals surface area contributed by atoms with E-state index in [0.717, 1.165) is 4.72 Å². The summed E-state index contributed by atoms with van der Waals surface area (Å²) < 4.78 is 88.2. The molecule has 21 heavy (non-hydrogen) atoms. The molecule has 1 aromatic carbocycles. The first kappa shape index (κ1) is 17.3. The van der Waals surface area contributed by atoms with Crippen LogP contribution in [-0.4, -0.2) is 31.2 Å². The van der Waals surface area contributed by atoms with Crippen molar-refractivity contribution in [2.45, 2.75) is 23.5 Å². The van der Waals surface area contributed by atoms with Gasteiger partial charge in [-0.2, -0.15) is 17.9 Å². The number of alkyl halides is 3. The number of carbonyl (C=O) groups is 1. The molecule has 0 heterocycles. The summed E-state index contributed by atoms with van der Waals surface area (Å²) in [7, 11) is -5.12. The van der Waals surface area contributed by atoms with Crippen molar-refractivity contribution in [1.29, 1.82) is 0 Å². The molecule has 1 aromatic rings. The van der Waals surface area contributed by atoms with Gasteiger partial charge < -0.3 is 5.11 Å². The van der Waals surface area contributed by atoms with Crippen LogP contribution in [0.1, 0.15) is 6.92 Å². The van der Waals surface area contributed by atoms with Gasteiger partial charge >= 0.3 is 12.1 Å². The highest BCUT2D eigenvalue weighted by Crippen LogP contribution is 2.32. The third-order valence-electron chi connectivity index (χ3n) is 2.48. The van der Waals surface area contributed by atoms with Crippen LogP contribution in [0.5, 0.6) is 0 Å². The van der Waals surface area contributed by atoms with Crippen LogP contribution in [0.4, 0.5) is 22.0 Å². The lowest BCUT2D eigenvalue weighted by atomic mass is 10.0. The Labute approximate surface area is 115 Å². The van der Waals surface area contributed by atoms with Crippen LogP contribution < -0.4 is 4.72 Å². The Morgan fingerprint density at radius 3 is 1.90 bits per heavy atom. The average Bonchev–Trinajstić information content (AvgIpc) is 2.25. The summed E-state index contributed by atoms with van der Waals surface area (Å²) in [6, 6.07) is 0.813. The van der Waals surface area contributed by atoms with Crippen LogP contribution in [0.3, 0.4) is 0 Å². The molecule has 1 rings (SSSR count). The molecule has 2 N–H and O–H groups in total. The monoisotopic (exact) mass is 333 g/mol. The maximum atomic E-state index is 12.9. The minimum absolute atomic E-state index is 0.0720. The molecule has 118 valence electrons. The molecule has 0 aliphatic heterocycles. The number of halogens is 5. The molecule has 11 heteroatoms. The number of nitrogens with one attached hydrogen (secondary N) is 1. The topological polar surface area (TPSA) is 83.5 Å². The lowest BCUT2D eigenvalue weighted by Crippen LogP contribution is -2.61. The van der Waals surface area contributed by atoms with Gasteiger partial charge in [0, 0.05) is 6.07 Å². The zero-order valence-electron chi connectivity index (χ0n) is 10.2. The number of sulfonamides is 1. The highest BCUT2D eigenvalue weighted by molar-refractivity contribution is 7.89. The molecule has 1 unspecified atom stereocenters. The Morgan fingerprint density at radius 2 is 1.57 bits per heavy atom. The van der Waals surface area contributed by atoms with Gasteiger partial charge in [-0.05, 0) is 19.1 Å². The molecule has 5 nitrogen and oxygen atoms in total. The maximum absolute atomic E-state index is 12.9. The quantitative estimate of drug-likeness (QED) is 0.821. The van der Waals surface area contributed by atoms with Gasteiger partial charge in [0.2, 0.25) is 15.6 Å². The number of aliphatic carboxylic acids is 1. The van der Waals surface area contributed by atoms with E-state index in [-0.39, 0.29) is 19.1 Å². The minimum atomic E-state index is -5.47. The van der Waals surface area contributed by atoms with E-state index in [4.69, 9.17) is 5.11 Å². The van der Waals surface area contributed by atoms with Crippen LogP contribution in [0.25, 0.3) is 0 Å². The van der Waals surface area contributed by atoms with E-state index in [1.807, 2.05) is 0 Å². The number of rotatable bonds is 4. The van der Waals surface area contributed by atoms with Crippen molar-refractivity contribution in [2.75, 3.05) is 0 Å². The second kappa shape index (κ2) is 5.22. The van der Waals surface area contributed by atoms with Crippen molar-refractivity contribution in [3.63, 3.8) is 0 Å². The molecule has 0 saturated heterocycles. The highest BCUT2D eigenvalue weighted by Gasteiger charge is 2.59. The van der Waals surface area contributed by atoms with Crippen LogP contribution in [-0.2, 0) is 14.8 Å². The molecular formula is C10H8F5NO4S. The molecule has 0 amide bonds. The number of hydrogen-bond donors (Lipinski definition) is 2. The Hall–Kier alpha value is -1.75. The number of benzene rings is 1. The summed E-state index contributed by atoms with van der Waals surface area (Å²) in [6.45, 7) is 0.0720. The van der Waals surface area contributed by atoms with Gasteiger partial charge in [-0.3, -0.25) is 0 Å². The summed E-state index contributed by atoms with van der Waals surface area (Å²) >= 11 is 0. The summed E-state index contributed by atoms with van der Waals surface area (Å²) in [6.07, 6.45) is -5.47. The third-order valence-corrected chi connectivity index (χ3v) is 4.01. The molecule has 0 spiro atoms. The van der Waals surface area contributed by atoms with Gasteiger partial charge in [-0.1, -0.05) is 0 Å². The van der Waals surface area contributed by atoms with Crippen molar-refractivity contribution in [2.24, 2.45) is 0 Å². The average molecular weight is 333 g/mol. The normalized spacial score (nSPS) is 15.5. The maximum Gasteiger partial charge on any atom is 0.418 e. The van der Waals surface area contributed by atoms with Crippen molar-refractivity contribution >= 4 is 16.0 Å². The second-order valence-corrected chi connectivity index (χ2v) is 5.82. The first-order valence-electron chi connectivity index (χ1n) is 5.10. The SMILES string of the molecule is CC(NS(=O)(=O)c1cc(F)cc(F)c1)(C(=O)O)C(F)(F)F. The number of hydrogen-bond acceptors (Lipinski definition) is 3. The molecule has 0 aromatic heterocycles. The largest absolute Gasteiger partial charge is 0.480 e. The fourth-order valence-electron chi connectivity index (χ4n) is 1.23. The van der Waals surface area contributed by atoms with Gasteiger partial charge in [0.05, 0.1) is 4.90 Å². The first-order valence-corrected chi connectivity index (χ1v) is 6.58. The standard InChI is InChI=1S/C10H8F5NO4S/c1-9(8(17)18,10(13,14)15)16-21(19,20)7-3-5(11)2-6(12)4-7/h2-4,16H,1H3,(H,17,18). The molecule has 0 bridgehead atoms. The van der Waals surface area contributed by atoms with Crippen LogP contribution in [0.15, 0.2) is 23.1 Å². The predicted molar refractivity (Wildman–Crippen MR) is 58.8 cm³/mol. The van der Waals surface area contributed by atoms with E-state index in [1.165, 1.54) is 0 Å². The molecule has 0 aliphatic carbocycles. The zero-order chi connectivity index (χ0) is 16.6. The second-order valence-electron chi connectivity index (χ2n) is 4.14. The Kier molecular flexibility index (Phi) is 4.30. The number of carboxylic acids is 1. The lowest BCUT2D eigenvalue weighted by Gasteiger charge is -2.28. The van der Waals surface area contributed by atoms with Gasteiger partial charge in [-0.15, -0.1) is 0 Å². The molecule has 1 atom stereocenters. The van der Waals surface area contributed by atoms with Gasteiger partial charge in [-0.25, -0.2) is 22.0 Å². The fraction of sp³-hybridized carbons (Fsp3) is 0.300. The van der Waals surface area contributed by atoms with Gasteiger partial charge in [0.25, 0.3) is 0 Å². The van der Waals surface area contributed by atoms with E-state index in [2.05, 4.69) is 0 Å². The summed E-state index contributed by atoms with van der Waals surface area (Å²) in [5, 5.41) is 8.59. The van der Waals surface area contributed by atoms with E-state index < -0.39 is 44.2 Å². The van der Waals surface area contributed by atoms with E-state index in [0.29, 0.717) is 6.07 Å². The molecule has 0 aliphatic rings. The smallest absolute Gasteiger partial charge is 0.418 e. The van der Waals surface area contributed by atoms with Crippen molar-refractivity contribution in [3.05, 3.63) is 29.8 Å². The highest BCUT2D eigenvalue weighted by atomic mass is 32.2. The molecule has 0 fully saturated rings. The van der Waals surface area contributed by atoms with Crippen molar-refractivity contribution in [1.82, 2.24) is 4.72 Å². The summed E-state index contributed by atoms with van der Waals surface area (Å²) in [4.78, 5) is 9.55. The van der Waals surface area contributed by atoms with Crippen LogP contribution in [0.2, 0.25) is 0 Å². The van der Waals surface area contributed by atoms with Crippen LogP contribution in [0, 0.1) is 11.6 Å².